The van der Waals surface area contributed by atoms with E-state index in [2.05, 4.69) is 45.9 Å². The van der Waals surface area contributed by atoms with Crippen LogP contribution in [0.1, 0.15) is 77.6 Å². The summed E-state index contributed by atoms with van der Waals surface area (Å²) >= 11 is 0. The fourth-order valence-corrected chi connectivity index (χ4v) is 2.65. The summed E-state index contributed by atoms with van der Waals surface area (Å²) in [5.74, 6) is 0.215. The van der Waals surface area contributed by atoms with Crippen molar-refractivity contribution in [3.8, 4) is 5.75 Å². The van der Waals surface area contributed by atoms with E-state index in [1.807, 2.05) is 26.0 Å². The minimum atomic E-state index is -0.347. The summed E-state index contributed by atoms with van der Waals surface area (Å²) < 4.78 is 11.1. The van der Waals surface area contributed by atoms with Gasteiger partial charge < -0.3 is 9.47 Å². The first-order chi connectivity index (χ1) is 13.3. The minimum absolute atomic E-state index is 0.152. The number of benzene rings is 1. The van der Waals surface area contributed by atoms with Crippen LogP contribution in [0.15, 0.2) is 59.2 Å². The Balaban J connectivity index is 2.48. The van der Waals surface area contributed by atoms with Gasteiger partial charge in [-0.1, -0.05) is 41.0 Å². The molecule has 0 aliphatic heterocycles. The number of carbonyl (C=O) groups is 1. The molecule has 0 aliphatic carbocycles. The molecule has 154 valence electrons. The number of carbonyl (C=O) groups excluding carboxylic acids is 1. The third-order valence-electron chi connectivity index (χ3n) is 4.24. The zero-order chi connectivity index (χ0) is 20.9. The quantitative estimate of drug-likeness (QED) is 0.303. The van der Waals surface area contributed by atoms with E-state index >= 15 is 0 Å². The van der Waals surface area contributed by atoms with Gasteiger partial charge in [0.15, 0.2) is 0 Å². The molecule has 0 amide bonds. The van der Waals surface area contributed by atoms with E-state index < -0.39 is 0 Å². The number of esters is 1. The topological polar surface area (TPSA) is 35.5 Å². The number of allylic oxidation sites excluding steroid dienone is 5. The van der Waals surface area contributed by atoms with Crippen molar-refractivity contribution in [2.75, 3.05) is 6.61 Å². The Hall–Kier alpha value is -2.29. The minimum Gasteiger partial charge on any atom is -0.489 e. The van der Waals surface area contributed by atoms with Crippen LogP contribution in [0.5, 0.6) is 5.75 Å². The van der Waals surface area contributed by atoms with Crippen molar-refractivity contribution in [2.45, 2.75) is 73.3 Å². The highest BCUT2D eigenvalue weighted by atomic mass is 16.5. The maximum absolute atomic E-state index is 12.2. The monoisotopic (exact) mass is 384 g/mol. The molecular weight excluding hydrogens is 348 g/mol. The predicted octanol–water partition coefficient (Wildman–Crippen LogP) is 7.05. The molecule has 0 fully saturated rings. The van der Waals surface area contributed by atoms with Gasteiger partial charge >= 0.3 is 5.97 Å². The maximum Gasteiger partial charge on any atom is 0.342 e. The summed E-state index contributed by atoms with van der Waals surface area (Å²) in [7, 11) is 0. The third-order valence-corrected chi connectivity index (χ3v) is 4.24. The molecule has 1 aromatic carbocycles. The average Bonchev–Trinajstić information content (AvgIpc) is 2.61. The van der Waals surface area contributed by atoms with E-state index in [0.29, 0.717) is 17.9 Å². The summed E-state index contributed by atoms with van der Waals surface area (Å²) in [6.45, 7) is 12.7. The van der Waals surface area contributed by atoms with Gasteiger partial charge in [-0.05, 0) is 85.4 Å². The van der Waals surface area contributed by atoms with E-state index in [-0.39, 0.29) is 12.1 Å². The van der Waals surface area contributed by atoms with Crippen LogP contribution in [0.4, 0.5) is 0 Å². The standard InChI is InChI=1S/C25H36O3/c1-19(2)11-9-12-21(5)13-10-14-22(6)17-18-27-24-16-8-7-15-23(24)25(26)28-20(3)4/h7-8,11,13,15-17,20H,9-10,12,14,18H2,1-6H3/b21-13+,22-17+. The van der Waals surface area contributed by atoms with Crippen LogP contribution in [0.25, 0.3) is 0 Å². The molecule has 0 saturated heterocycles. The highest BCUT2D eigenvalue weighted by Crippen LogP contribution is 2.20. The molecular formula is C25H36O3. The van der Waals surface area contributed by atoms with E-state index in [4.69, 9.17) is 9.47 Å². The van der Waals surface area contributed by atoms with Gasteiger partial charge in [0.2, 0.25) is 0 Å². The zero-order valence-corrected chi connectivity index (χ0v) is 18.4. The lowest BCUT2D eigenvalue weighted by molar-refractivity contribution is 0.0374. The fraction of sp³-hybridized carbons (Fsp3) is 0.480. The summed E-state index contributed by atoms with van der Waals surface area (Å²) in [5, 5.41) is 0. The molecule has 0 bridgehead atoms. The zero-order valence-electron chi connectivity index (χ0n) is 18.4. The molecule has 1 rings (SSSR count). The second-order valence-corrected chi connectivity index (χ2v) is 7.72. The highest BCUT2D eigenvalue weighted by Gasteiger charge is 2.14. The number of para-hydroxylation sites is 1. The van der Waals surface area contributed by atoms with Crippen molar-refractivity contribution in [1.82, 2.24) is 0 Å². The summed E-state index contributed by atoms with van der Waals surface area (Å²) in [6.07, 6.45) is 10.8. The van der Waals surface area contributed by atoms with Gasteiger partial charge in [0.25, 0.3) is 0 Å². The van der Waals surface area contributed by atoms with Crippen molar-refractivity contribution in [1.29, 1.82) is 0 Å². The molecule has 0 radical (unpaired) electrons. The largest absolute Gasteiger partial charge is 0.489 e. The van der Waals surface area contributed by atoms with Crippen molar-refractivity contribution < 1.29 is 14.3 Å². The molecule has 0 spiro atoms. The Bertz CT molecular complexity index is 704. The summed E-state index contributed by atoms with van der Waals surface area (Å²) in [5.41, 5.74) is 4.58. The first-order valence-corrected chi connectivity index (χ1v) is 10.2. The number of ether oxygens (including phenoxy) is 2. The highest BCUT2D eigenvalue weighted by molar-refractivity contribution is 5.92. The summed E-state index contributed by atoms with van der Waals surface area (Å²) in [4.78, 5) is 12.2. The lowest BCUT2D eigenvalue weighted by Gasteiger charge is -2.12. The van der Waals surface area contributed by atoms with E-state index in [9.17, 15) is 4.79 Å². The molecule has 0 atom stereocenters. The molecule has 0 unspecified atom stereocenters. The lowest BCUT2D eigenvalue weighted by atomic mass is 10.1. The molecule has 0 aromatic heterocycles. The van der Waals surface area contributed by atoms with Crippen LogP contribution in [0.3, 0.4) is 0 Å². The van der Waals surface area contributed by atoms with Crippen LogP contribution >= 0.6 is 0 Å². The lowest BCUT2D eigenvalue weighted by Crippen LogP contribution is -2.13. The Morgan fingerprint density at radius 1 is 0.929 bits per heavy atom. The van der Waals surface area contributed by atoms with Crippen molar-refractivity contribution in [3.63, 3.8) is 0 Å². The van der Waals surface area contributed by atoms with E-state index in [1.165, 1.54) is 16.7 Å². The van der Waals surface area contributed by atoms with Gasteiger partial charge in [-0.3, -0.25) is 0 Å². The van der Waals surface area contributed by atoms with Crippen LogP contribution in [0.2, 0.25) is 0 Å². The van der Waals surface area contributed by atoms with Crippen LogP contribution in [-0.4, -0.2) is 18.7 Å². The molecule has 0 aliphatic rings. The molecule has 3 nitrogen and oxygen atoms in total. The predicted molar refractivity (Wildman–Crippen MR) is 118 cm³/mol. The van der Waals surface area contributed by atoms with Gasteiger partial charge in [-0.25, -0.2) is 4.79 Å². The maximum atomic E-state index is 12.2. The SMILES string of the molecule is CC(C)=CCC/C(C)=C/CC/C(C)=C/COc1ccccc1C(=O)OC(C)C. The molecule has 3 heteroatoms. The first-order valence-electron chi connectivity index (χ1n) is 10.2. The van der Waals surface area contributed by atoms with Crippen LogP contribution < -0.4 is 4.74 Å². The summed E-state index contributed by atoms with van der Waals surface area (Å²) in [6, 6.07) is 7.22. The third kappa shape index (κ3) is 10.1. The second-order valence-electron chi connectivity index (χ2n) is 7.72. The Labute approximate surface area is 171 Å². The van der Waals surface area contributed by atoms with Crippen molar-refractivity contribution in [2.24, 2.45) is 0 Å². The van der Waals surface area contributed by atoms with Crippen LogP contribution in [-0.2, 0) is 4.74 Å². The fourth-order valence-electron chi connectivity index (χ4n) is 2.65. The van der Waals surface area contributed by atoms with Gasteiger partial charge in [-0.2, -0.15) is 0 Å². The average molecular weight is 385 g/mol. The smallest absolute Gasteiger partial charge is 0.342 e. The first kappa shape index (κ1) is 23.7. The number of rotatable bonds is 11. The van der Waals surface area contributed by atoms with Gasteiger partial charge in [0.05, 0.1) is 6.10 Å². The van der Waals surface area contributed by atoms with Crippen LogP contribution in [0, 0.1) is 0 Å². The van der Waals surface area contributed by atoms with Crippen molar-refractivity contribution in [3.05, 3.63) is 64.8 Å². The van der Waals surface area contributed by atoms with Crippen molar-refractivity contribution >= 4 is 5.97 Å². The van der Waals surface area contributed by atoms with Gasteiger partial charge in [-0.15, -0.1) is 0 Å². The molecule has 1 aromatic rings. The van der Waals surface area contributed by atoms with E-state index in [0.717, 1.165) is 25.7 Å². The van der Waals surface area contributed by atoms with E-state index in [1.54, 1.807) is 12.1 Å². The molecule has 28 heavy (non-hydrogen) atoms. The number of hydrogen-bond acceptors (Lipinski definition) is 3. The van der Waals surface area contributed by atoms with Gasteiger partial charge in [0.1, 0.15) is 17.9 Å². The number of hydrogen-bond donors (Lipinski definition) is 0. The Morgan fingerprint density at radius 2 is 1.54 bits per heavy atom. The molecule has 0 saturated carbocycles. The Kier molecular flexibility index (Phi) is 11.0. The normalized spacial score (nSPS) is 12.1. The Morgan fingerprint density at radius 3 is 2.18 bits per heavy atom. The second kappa shape index (κ2) is 13.0. The molecule has 0 heterocycles. The van der Waals surface area contributed by atoms with Gasteiger partial charge in [0, 0.05) is 0 Å². The molecule has 0 N–H and O–H groups in total.